The molecule has 1 aromatic carbocycles. The first-order chi connectivity index (χ1) is 8.59. The van der Waals surface area contributed by atoms with Gasteiger partial charge in [-0.25, -0.2) is 0 Å². The standard InChI is InChI=1S/C14H19ClN2O/c1-9-10(5-4-6-11(9)15)14(18)17-13-8-3-2-7-12(13)16/h4-6,12-13H,2-3,7-8,16H2,1H3,(H,17,18). The van der Waals surface area contributed by atoms with Crippen LogP contribution in [0.5, 0.6) is 0 Å². The Bertz CT molecular complexity index is 447. The Morgan fingerprint density at radius 2 is 2.11 bits per heavy atom. The van der Waals surface area contributed by atoms with Crippen LogP contribution in [-0.2, 0) is 0 Å². The molecule has 0 aliphatic heterocycles. The highest BCUT2D eigenvalue weighted by Gasteiger charge is 2.24. The second-order valence-corrected chi connectivity index (χ2v) is 5.35. The average Bonchev–Trinajstić information content (AvgIpc) is 2.35. The van der Waals surface area contributed by atoms with E-state index in [-0.39, 0.29) is 18.0 Å². The van der Waals surface area contributed by atoms with Gasteiger partial charge in [0.15, 0.2) is 0 Å². The highest BCUT2D eigenvalue weighted by Crippen LogP contribution is 2.20. The topological polar surface area (TPSA) is 55.1 Å². The summed E-state index contributed by atoms with van der Waals surface area (Å²) in [5.74, 6) is -0.0719. The van der Waals surface area contributed by atoms with Gasteiger partial charge in [-0.3, -0.25) is 4.79 Å². The summed E-state index contributed by atoms with van der Waals surface area (Å²) in [6, 6.07) is 5.54. The molecule has 98 valence electrons. The van der Waals surface area contributed by atoms with E-state index < -0.39 is 0 Å². The molecule has 2 atom stereocenters. The Morgan fingerprint density at radius 3 is 2.83 bits per heavy atom. The molecule has 4 heteroatoms. The Hall–Kier alpha value is -1.06. The van der Waals surface area contributed by atoms with E-state index in [9.17, 15) is 4.79 Å². The molecule has 3 nitrogen and oxygen atoms in total. The molecule has 3 N–H and O–H groups in total. The summed E-state index contributed by atoms with van der Waals surface area (Å²) in [5.41, 5.74) is 7.49. The van der Waals surface area contributed by atoms with Crippen LogP contribution < -0.4 is 11.1 Å². The van der Waals surface area contributed by atoms with Gasteiger partial charge in [0.2, 0.25) is 0 Å². The Kier molecular flexibility index (Phi) is 4.25. The number of benzene rings is 1. The van der Waals surface area contributed by atoms with Crippen LogP contribution in [0.4, 0.5) is 0 Å². The highest BCUT2D eigenvalue weighted by molar-refractivity contribution is 6.31. The maximum absolute atomic E-state index is 12.2. The van der Waals surface area contributed by atoms with Gasteiger partial charge in [0.05, 0.1) is 0 Å². The third-order valence-electron chi connectivity index (χ3n) is 3.65. The van der Waals surface area contributed by atoms with Gasteiger partial charge in [-0.2, -0.15) is 0 Å². The molecule has 1 aromatic rings. The minimum absolute atomic E-state index is 0.0715. The van der Waals surface area contributed by atoms with Crippen molar-refractivity contribution in [3.63, 3.8) is 0 Å². The van der Waals surface area contributed by atoms with Crippen molar-refractivity contribution >= 4 is 17.5 Å². The number of hydrogen-bond donors (Lipinski definition) is 2. The monoisotopic (exact) mass is 266 g/mol. The van der Waals surface area contributed by atoms with Crippen LogP contribution >= 0.6 is 11.6 Å². The van der Waals surface area contributed by atoms with E-state index in [1.807, 2.05) is 6.92 Å². The van der Waals surface area contributed by atoms with E-state index in [1.54, 1.807) is 18.2 Å². The number of hydrogen-bond acceptors (Lipinski definition) is 2. The summed E-state index contributed by atoms with van der Waals surface area (Å²) in [6.07, 6.45) is 4.24. The lowest BCUT2D eigenvalue weighted by atomic mass is 9.90. The fourth-order valence-corrected chi connectivity index (χ4v) is 2.61. The summed E-state index contributed by atoms with van der Waals surface area (Å²) in [5, 5.41) is 3.65. The van der Waals surface area contributed by atoms with Crippen molar-refractivity contribution in [1.82, 2.24) is 5.32 Å². The molecule has 1 aliphatic rings. The Balaban J connectivity index is 2.09. The van der Waals surface area contributed by atoms with Crippen molar-refractivity contribution in [2.75, 3.05) is 0 Å². The summed E-state index contributed by atoms with van der Waals surface area (Å²) in [7, 11) is 0. The fraction of sp³-hybridized carbons (Fsp3) is 0.500. The largest absolute Gasteiger partial charge is 0.348 e. The molecule has 0 bridgehead atoms. The van der Waals surface area contributed by atoms with Gasteiger partial charge < -0.3 is 11.1 Å². The van der Waals surface area contributed by atoms with E-state index >= 15 is 0 Å². The Labute approximate surface area is 113 Å². The molecule has 0 saturated heterocycles. The van der Waals surface area contributed by atoms with Gasteiger partial charge in [0, 0.05) is 22.7 Å². The van der Waals surface area contributed by atoms with Crippen LogP contribution in [0.25, 0.3) is 0 Å². The van der Waals surface area contributed by atoms with Crippen molar-refractivity contribution < 1.29 is 4.79 Å². The molecular formula is C14H19ClN2O. The van der Waals surface area contributed by atoms with Crippen LogP contribution in [0.3, 0.4) is 0 Å². The number of amides is 1. The van der Waals surface area contributed by atoms with Crippen LogP contribution in [0, 0.1) is 6.92 Å². The molecule has 18 heavy (non-hydrogen) atoms. The molecule has 0 spiro atoms. The second-order valence-electron chi connectivity index (χ2n) is 4.94. The lowest BCUT2D eigenvalue weighted by Crippen LogP contribution is -2.49. The summed E-state index contributed by atoms with van der Waals surface area (Å²) < 4.78 is 0. The molecule has 0 heterocycles. The first-order valence-electron chi connectivity index (χ1n) is 6.41. The van der Waals surface area contributed by atoms with Crippen molar-refractivity contribution in [2.45, 2.75) is 44.7 Å². The van der Waals surface area contributed by atoms with Crippen LogP contribution in [0.2, 0.25) is 5.02 Å². The molecule has 1 amide bonds. The first-order valence-corrected chi connectivity index (χ1v) is 6.79. The zero-order valence-electron chi connectivity index (χ0n) is 10.6. The molecule has 1 saturated carbocycles. The Morgan fingerprint density at radius 1 is 1.39 bits per heavy atom. The van der Waals surface area contributed by atoms with Gasteiger partial charge >= 0.3 is 0 Å². The van der Waals surface area contributed by atoms with Crippen LogP contribution in [-0.4, -0.2) is 18.0 Å². The summed E-state index contributed by atoms with van der Waals surface area (Å²) in [6.45, 7) is 1.86. The molecular weight excluding hydrogens is 248 g/mol. The third-order valence-corrected chi connectivity index (χ3v) is 4.06. The maximum Gasteiger partial charge on any atom is 0.251 e. The molecule has 2 unspecified atom stereocenters. The first kappa shape index (κ1) is 13.4. The average molecular weight is 267 g/mol. The second kappa shape index (κ2) is 5.72. The minimum atomic E-state index is -0.0719. The molecule has 0 radical (unpaired) electrons. The van der Waals surface area contributed by atoms with Gasteiger partial charge in [-0.05, 0) is 37.5 Å². The van der Waals surface area contributed by atoms with Crippen molar-refractivity contribution in [1.29, 1.82) is 0 Å². The van der Waals surface area contributed by atoms with Gasteiger partial charge in [-0.1, -0.05) is 30.5 Å². The van der Waals surface area contributed by atoms with E-state index in [2.05, 4.69) is 5.32 Å². The number of nitrogens with one attached hydrogen (secondary N) is 1. The van der Waals surface area contributed by atoms with Crippen molar-refractivity contribution in [3.05, 3.63) is 34.3 Å². The fourth-order valence-electron chi connectivity index (χ4n) is 2.44. The molecule has 2 rings (SSSR count). The van der Waals surface area contributed by atoms with Gasteiger partial charge in [-0.15, -0.1) is 0 Å². The summed E-state index contributed by atoms with van der Waals surface area (Å²) >= 11 is 6.02. The van der Waals surface area contributed by atoms with Crippen LogP contribution in [0.1, 0.15) is 41.6 Å². The number of halogens is 1. The smallest absolute Gasteiger partial charge is 0.251 e. The SMILES string of the molecule is Cc1c(Cl)cccc1C(=O)NC1CCCCC1N. The summed E-state index contributed by atoms with van der Waals surface area (Å²) in [4.78, 5) is 12.2. The predicted molar refractivity (Wildman–Crippen MR) is 73.9 cm³/mol. The molecule has 1 aliphatic carbocycles. The van der Waals surface area contributed by atoms with Gasteiger partial charge in [0.25, 0.3) is 5.91 Å². The quantitative estimate of drug-likeness (QED) is 0.865. The normalized spacial score (nSPS) is 23.7. The lowest BCUT2D eigenvalue weighted by Gasteiger charge is -2.29. The lowest BCUT2D eigenvalue weighted by molar-refractivity contribution is 0.0920. The number of carbonyl (C=O) groups excluding carboxylic acids is 1. The van der Waals surface area contributed by atoms with E-state index in [0.717, 1.165) is 31.2 Å². The zero-order chi connectivity index (χ0) is 13.1. The number of nitrogens with two attached hydrogens (primary N) is 1. The minimum Gasteiger partial charge on any atom is -0.348 e. The number of carbonyl (C=O) groups is 1. The van der Waals surface area contributed by atoms with Crippen molar-refractivity contribution in [3.8, 4) is 0 Å². The predicted octanol–water partition coefficient (Wildman–Crippen LogP) is 2.65. The van der Waals surface area contributed by atoms with E-state index in [1.165, 1.54) is 0 Å². The van der Waals surface area contributed by atoms with Crippen molar-refractivity contribution in [2.24, 2.45) is 5.73 Å². The van der Waals surface area contributed by atoms with Crippen LogP contribution in [0.15, 0.2) is 18.2 Å². The van der Waals surface area contributed by atoms with E-state index in [0.29, 0.717) is 10.6 Å². The van der Waals surface area contributed by atoms with E-state index in [4.69, 9.17) is 17.3 Å². The van der Waals surface area contributed by atoms with Gasteiger partial charge in [0.1, 0.15) is 0 Å². The number of rotatable bonds is 2. The molecule has 0 aromatic heterocycles. The zero-order valence-corrected chi connectivity index (χ0v) is 11.3. The molecule has 1 fully saturated rings. The highest BCUT2D eigenvalue weighted by atomic mass is 35.5. The maximum atomic E-state index is 12.2. The third kappa shape index (κ3) is 2.85.